The van der Waals surface area contributed by atoms with E-state index in [9.17, 15) is 27.9 Å². The number of ether oxygens (including phenoxy) is 4. The molecule has 11 heteroatoms. The molecule has 38 heavy (non-hydrogen) atoms. The zero-order valence-electron chi connectivity index (χ0n) is 21.5. The maximum Gasteiger partial charge on any atom is 0.415 e. The number of carboxylic acids is 1. The van der Waals surface area contributed by atoms with Crippen molar-refractivity contribution in [3.8, 4) is 11.5 Å². The largest absolute Gasteiger partial charge is 0.492 e. The van der Waals surface area contributed by atoms with Gasteiger partial charge in [0.1, 0.15) is 18.1 Å². The van der Waals surface area contributed by atoms with E-state index in [0.717, 1.165) is 11.1 Å². The van der Waals surface area contributed by atoms with Gasteiger partial charge in [-0.05, 0) is 50.1 Å². The Kier molecular flexibility index (Phi) is 12.9. The van der Waals surface area contributed by atoms with Crippen LogP contribution in [0.3, 0.4) is 0 Å². The van der Waals surface area contributed by atoms with Crippen molar-refractivity contribution >= 4 is 12.1 Å². The van der Waals surface area contributed by atoms with Gasteiger partial charge in [0.15, 0.2) is 6.10 Å². The summed E-state index contributed by atoms with van der Waals surface area (Å²) in [5.74, 6) is -0.152. The average molecular weight is 542 g/mol. The van der Waals surface area contributed by atoms with Crippen LogP contribution in [0.25, 0.3) is 0 Å². The van der Waals surface area contributed by atoms with E-state index in [0.29, 0.717) is 18.1 Å². The van der Waals surface area contributed by atoms with Gasteiger partial charge in [0.05, 0.1) is 13.2 Å². The summed E-state index contributed by atoms with van der Waals surface area (Å²) in [6.07, 6.45) is -6.68. The maximum atomic E-state index is 12.7. The van der Waals surface area contributed by atoms with Crippen LogP contribution in [0.5, 0.6) is 11.5 Å². The summed E-state index contributed by atoms with van der Waals surface area (Å²) in [6.45, 7) is 4.26. The molecule has 0 aliphatic heterocycles. The first-order valence-corrected chi connectivity index (χ1v) is 12.3. The van der Waals surface area contributed by atoms with Gasteiger partial charge in [0.25, 0.3) is 0 Å². The number of rotatable bonds is 16. The molecule has 0 saturated heterocycles. The molecule has 1 amide bonds. The molecule has 2 rings (SSSR count). The Balaban J connectivity index is 1.89. The van der Waals surface area contributed by atoms with E-state index < -0.39 is 30.8 Å². The third-order valence-electron chi connectivity index (χ3n) is 5.36. The average Bonchev–Trinajstić information content (AvgIpc) is 2.86. The minimum atomic E-state index is -4.23. The molecule has 1 unspecified atom stereocenters. The Morgan fingerprint density at radius 3 is 2.18 bits per heavy atom. The fourth-order valence-electron chi connectivity index (χ4n) is 3.35. The minimum Gasteiger partial charge on any atom is -0.492 e. The smallest absolute Gasteiger partial charge is 0.415 e. The highest BCUT2D eigenvalue weighted by Gasteiger charge is 2.26. The van der Waals surface area contributed by atoms with Crippen LogP contribution in [0.15, 0.2) is 48.5 Å². The lowest BCUT2D eigenvalue weighted by atomic mass is 10.1. The molecule has 0 spiro atoms. The lowest BCUT2D eigenvalue weighted by Gasteiger charge is -2.22. The van der Waals surface area contributed by atoms with Crippen LogP contribution in [-0.2, 0) is 20.7 Å². The van der Waals surface area contributed by atoms with E-state index in [2.05, 4.69) is 0 Å². The van der Waals surface area contributed by atoms with Crippen molar-refractivity contribution < 1.29 is 46.8 Å². The zero-order chi connectivity index (χ0) is 28.0. The molecule has 0 fully saturated rings. The zero-order valence-corrected chi connectivity index (χ0v) is 21.5. The molecule has 0 heterocycles. The third-order valence-corrected chi connectivity index (χ3v) is 5.36. The normalized spacial score (nSPS) is 12.1. The lowest BCUT2D eigenvalue weighted by Crippen LogP contribution is -2.39. The Labute approximate surface area is 220 Å². The molecule has 2 aromatic rings. The highest BCUT2D eigenvalue weighted by atomic mass is 19.4. The Bertz CT molecular complexity index is 982. The van der Waals surface area contributed by atoms with Gasteiger partial charge >= 0.3 is 18.2 Å². The van der Waals surface area contributed by atoms with Crippen molar-refractivity contribution in [3.63, 3.8) is 0 Å². The second kappa shape index (κ2) is 15.8. The molecular formula is C27H34F3NO7. The molecule has 210 valence electrons. The quantitative estimate of drug-likeness (QED) is 0.290. The van der Waals surface area contributed by atoms with Gasteiger partial charge < -0.3 is 29.0 Å². The first kappa shape index (κ1) is 30.9. The number of carboxylic acid groups (broad SMARTS) is 1. The van der Waals surface area contributed by atoms with Gasteiger partial charge in [-0.2, -0.15) is 13.2 Å². The number of benzene rings is 2. The van der Waals surface area contributed by atoms with Crippen LogP contribution < -0.4 is 9.47 Å². The Morgan fingerprint density at radius 1 is 0.947 bits per heavy atom. The van der Waals surface area contributed by atoms with Crippen LogP contribution in [0.2, 0.25) is 0 Å². The number of alkyl halides is 3. The summed E-state index contributed by atoms with van der Waals surface area (Å²) in [5.41, 5.74) is 1.77. The van der Waals surface area contributed by atoms with Gasteiger partial charge in [-0.1, -0.05) is 29.8 Å². The lowest BCUT2D eigenvalue weighted by molar-refractivity contribution is -0.150. The van der Waals surface area contributed by atoms with Gasteiger partial charge in [0, 0.05) is 32.6 Å². The summed E-state index contributed by atoms with van der Waals surface area (Å²) in [6, 6.07) is 13.8. The molecule has 1 atom stereocenters. The third kappa shape index (κ3) is 12.3. The molecule has 0 radical (unpaired) electrons. The molecule has 0 saturated carbocycles. The van der Waals surface area contributed by atoms with Crippen molar-refractivity contribution in [2.24, 2.45) is 0 Å². The second-order valence-electron chi connectivity index (χ2n) is 8.48. The number of halogens is 3. The van der Waals surface area contributed by atoms with Crippen molar-refractivity contribution in [1.82, 2.24) is 4.90 Å². The van der Waals surface area contributed by atoms with Crippen LogP contribution in [0, 0.1) is 6.92 Å². The van der Waals surface area contributed by atoms with Gasteiger partial charge in [-0.15, -0.1) is 0 Å². The van der Waals surface area contributed by atoms with Crippen molar-refractivity contribution in [2.45, 2.75) is 45.4 Å². The molecule has 8 nitrogen and oxygen atoms in total. The molecule has 2 aromatic carbocycles. The minimum absolute atomic E-state index is 0.0418. The van der Waals surface area contributed by atoms with E-state index in [1.807, 2.05) is 6.92 Å². The standard InChI is InChI=1S/C27H34F3NO7/c1-3-36-24(25(32)33)19-21-7-11-22(12-8-21)37-18-15-31(14-17-35-16-4-13-27(28,29)30)26(34)38-23-9-5-20(2)6-10-23/h5-12,24H,3-4,13-19H2,1-2H3,(H,32,33). The Hall–Kier alpha value is -3.31. The van der Waals surface area contributed by atoms with Gasteiger partial charge in [0.2, 0.25) is 0 Å². The Morgan fingerprint density at radius 2 is 1.58 bits per heavy atom. The van der Waals surface area contributed by atoms with Crippen LogP contribution in [0.1, 0.15) is 30.9 Å². The predicted molar refractivity (Wildman–Crippen MR) is 134 cm³/mol. The molecule has 1 N–H and O–H groups in total. The van der Waals surface area contributed by atoms with Crippen molar-refractivity contribution in [2.75, 3.05) is 39.5 Å². The summed E-state index contributed by atoms with van der Waals surface area (Å²) >= 11 is 0. The molecular weight excluding hydrogens is 507 g/mol. The summed E-state index contributed by atoms with van der Waals surface area (Å²) in [5, 5.41) is 9.23. The first-order valence-electron chi connectivity index (χ1n) is 12.3. The fraction of sp³-hybridized carbons (Fsp3) is 0.481. The van der Waals surface area contributed by atoms with E-state index in [1.165, 1.54) is 4.90 Å². The van der Waals surface area contributed by atoms with Gasteiger partial charge in [-0.3, -0.25) is 0 Å². The number of hydrogen-bond acceptors (Lipinski definition) is 6. The number of nitrogens with zero attached hydrogens (tertiary/aromatic N) is 1. The number of aryl methyl sites for hydroxylation is 1. The molecule has 0 aliphatic rings. The van der Waals surface area contributed by atoms with Gasteiger partial charge in [-0.25, -0.2) is 9.59 Å². The number of hydrogen-bond donors (Lipinski definition) is 1. The van der Waals surface area contributed by atoms with E-state index in [1.54, 1.807) is 55.5 Å². The number of aliphatic carboxylic acids is 1. The fourth-order valence-corrected chi connectivity index (χ4v) is 3.35. The second-order valence-corrected chi connectivity index (χ2v) is 8.48. The summed E-state index contributed by atoms with van der Waals surface area (Å²) in [7, 11) is 0. The number of amides is 1. The predicted octanol–water partition coefficient (Wildman–Crippen LogP) is 5.27. The first-order chi connectivity index (χ1) is 18.1. The SMILES string of the molecule is CCOC(Cc1ccc(OCCN(CCOCCCC(F)(F)F)C(=O)Oc2ccc(C)cc2)cc1)C(=O)O. The van der Waals surface area contributed by atoms with Crippen LogP contribution in [-0.4, -0.2) is 73.9 Å². The monoisotopic (exact) mass is 541 g/mol. The molecule has 0 bridgehead atoms. The summed E-state index contributed by atoms with van der Waals surface area (Å²) in [4.78, 5) is 25.4. The summed E-state index contributed by atoms with van der Waals surface area (Å²) < 4.78 is 58.5. The number of carbonyl (C=O) groups is 2. The van der Waals surface area contributed by atoms with Crippen molar-refractivity contribution in [3.05, 3.63) is 59.7 Å². The van der Waals surface area contributed by atoms with E-state index in [-0.39, 0.29) is 45.8 Å². The van der Waals surface area contributed by atoms with Crippen LogP contribution in [0.4, 0.5) is 18.0 Å². The topological polar surface area (TPSA) is 94.5 Å². The van der Waals surface area contributed by atoms with Crippen molar-refractivity contribution in [1.29, 1.82) is 0 Å². The maximum absolute atomic E-state index is 12.7. The van der Waals surface area contributed by atoms with E-state index >= 15 is 0 Å². The highest BCUT2D eigenvalue weighted by molar-refractivity contribution is 5.72. The molecule has 0 aliphatic carbocycles. The van der Waals surface area contributed by atoms with E-state index in [4.69, 9.17) is 18.9 Å². The highest BCUT2D eigenvalue weighted by Crippen LogP contribution is 2.21. The van der Waals surface area contributed by atoms with Crippen LogP contribution >= 0.6 is 0 Å². The number of carbonyl (C=O) groups excluding carboxylic acids is 1. The molecule has 0 aromatic heterocycles.